The Morgan fingerprint density at radius 1 is 1.54 bits per heavy atom. The lowest BCUT2D eigenvalue weighted by atomic mass is 10.5. The van der Waals surface area contributed by atoms with Crippen LogP contribution in [-0.4, -0.2) is 20.8 Å². The molecule has 0 saturated carbocycles. The van der Waals surface area contributed by atoms with Crippen LogP contribution >= 0.6 is 12.2 Å². The second-order valence-electron chi connectivity index (χ2n) is 2.44. The third kappa shape index (κ3) is 2.56. The highest BCUT2D eigenvalue weighted by atomic mass is 32.1. The van der Waals surface area contributed by atoms with Gasteiger partial charge in [-0.05, 0) is 12.2 Å². The van der Waals surface area contributed by atoms with Gasteiger partial charge in [0.15, 0.2) is 4.77 Å². The molecule has 13 heavy (non-hydrogen) atoms. The first-order valence-corrected chi connectivity index (χ1v) is 3.79. The Hall–Kier alpha value is -0.820. The van der Waals surface area contributed by atoms with Crippen molar-refractivity contribution in [3.05, 3.63) is 16.7 Å². The molecule has 7 heteroatoms. The second kappa shape index (κ2) is 3.51. The molecule has 1 heterocycles. The Kier molecular flexibility index (Phi) is 2.77. The number of aromatic amines is 1. The van der Waals surface area contributed by atoms with E-state index in [2.05, 4.69) is 17.2 Å². The van der Waals surface area contributed by atoms with Crippen molar-refractivity contribution in [1.82, 2.24) is 9.55 Å². The minimum absolute atomic E-state index is 0.0404. The lowest BCUT2D eigenvalue weighted by Gasteiger charge is -2.09. The van der Waals surface area contributed by atoms with Crippen LogP contribution in [0.15, 0.2) is 6.20 Å². The number of nitrogens with one attached hydrogen (secondary N) is 1. The molecule has 0 bridgehead atoms. The van der Waals surface area contributed by atoms with Gasteiger partial charge in [0.05, 0.1) is 12.3 Å². The maximum absolute atomic E-state index is 12.0. The van der Waals surface area contributed by atoms with E-state index in [1.54, 1.807) is 0 Å². The van der Waals surface area contributed by atoms with E-state index in [1.165, 1.54) is 6.20 Å². The lowest BCUT2D eigenvalue weighted by molar-refractivity contribution is -0.141. The van der Waals surface area contributed by atoms with Gasteiger partial charge in [-0.25, -0.2) is 0 Å². The summed E-state index contributed by atoms with van der Waals surface area (Å²) < 4.78 is 36.6. The van der Waals surface area contributed by atoms with Gasteiger partial charge in [-0.2, -0.15) is 13.2 Å². The molecule has 0 aliphatic carbocycles. The van der Waals surface area contributed by atoms with Crippen molar-refractivity contribution in [3.63, 3.8) is 0 Å². The van der Waals surface area contributed by atoms with Crippen molar-refractivity contribution in [1.29, 1.82) is 0 Å². The minimum Gasteiger partial charge on any atom is -0.390 e. The average molecular weight is 212 g/mol. The molecule has 0 amide bonds. The molecule has 1 rings (SSSR count). The van der Waals surface area contributed by atoms with E-state index in [1.807, 2.05) is 0 Å². The Labute approximate surface area is 76.8 Å². The number of aliphatic hydroxyl groups excluding tert-OH is 1. The molecule has 3 nitrogen and oxygen atoms in total. The predicted molar refractivity (Wildman–Crippen MR) is 41.6 cm³/mol. The van der Waals surface area contributed by atoms with Gasteiger partial charge in [-0.3, -0.25) is 0 Å². The van der Waals surface area contributed by atoms with Crippen molar-refractivity contribution in [3.8, 4) is 0 Å². The molecule has 0 radical (unpaired) electrons. The summed E-state index contributed by atoms with van der Waals surface area (Å²) in [6.45, 7) is -1.64. The minimum atomic E-state index is -4.33. The Bertz CT molecular complexity index is 340. The first-order valence-electron chi connectivity index (χ1n) is 3.39. The number of halogens is 3. The van der Waals surface area contributed by atoms with Crippen LogP contribution in [0.3, 0.4) is 0 Å². The van der Waals surface area contributed by atoms with Crippen molar-refractivity contribution in [2.45, 2.75) is 19.3 Å². The summed E-state index contributed by atoms with van der Waals surface area (Å²) in [6, 6.07) is 0. The molecule has 0 unspecified atom stereocenters. The zero-order valence-corrected chi connectivity index (χ0v) is 7.24. The molecular weight excluding hydrogens is 205 g/mol. The Morgan fingerprint density at radius 2 is 2.15 bits per heavy atom. The average Bonchev–Trinajstić information content (AvgIpc) is 2.30. The van der Waals surface area contributed by atoms with E-state index >= 15 is 0 Å². The smallest absolute Gasteiger partial charge is 0.390 e. The maximum Gasteiger partial charge on any atom is 0.406 e. The topological polar surface area (TPSA) is 40.9 Å². The standard InChI is InChI=1S/C6H7F3N2OS/c7-6(8,9)3-11-4(2-12)1-10-5(11)13/h1,12H,2-3H2,(H,10,13). The summed E-state index contributed by atoms with van der Waals surface area (Å²) in [4.78, 5) is 2.43. The molecule has 0 aliphatic heterocycles. The number of aliphatic hydroxyl groups is 1. The predicted octanol–water partition coefficient (Wildman–Crippen LogP) is 1.60. The first kappa shape index (κ1) is 10.3. The lowest BCUT2D eigenvalue weighted by Crippen LogP contribution is -2.19. The van der Waals surface area contributed by atoms with Crippen LogP contribution in [0.1, 0.15) is 5.69 Å². The van der Waals surface area contributed by atoms with Gasteiger partial charge in [0.25, 0.3) is 0 Å². The molecule has 1 aromatic heterocycles. The molecule has 1 aromatic rings. The van der Waals surface area contributed by atoms with Crippen LogP contribution in [-0.2, 0) is 13.2 Å². The number of alkyl halides is 3. The van der Waals surface area contributed by atoms with Gasteiger partial charge < -0.3 is 14.7 Å². The fraction of sp³-hybridized carbons (Fsp3) is 0.500. The number of hydrogen-bond acceptors (Lipinski definition) is 2. The SMILES string of the molecule is OCc1c[nH]c(=S)n1CC(F)(F)F. The number of nitrogens with zero attached hydrogens (tertiary/aromatic N) is 1. The molecule has 0 atom stereocenters. The summed E-state index contributed by atoms with van der Waals surface area (Å²) in [5, 5.41) is 8.67. The van der Waals surface area contributed by atoms with Gasteiger partial charge in [-0.15, -0.1) is 0 Å². The monoisotopic (exact) mass is 212 g/mol. The quantitative estimate of drug-likeness (QED) is 0.731. The highest BCUT2D eigenvalue weighted by molar-refractivity contribution is 7.71. The Morgan fingerprint density at radius 3 is 2.62 bits per heavy atom. The van der Waals surface area contributed by atoms with E-state index in [9.17, 15) is 13.2 Å². The van der Waals surface area contributed by atoms with Crippen molar-refractivity contribution >= 4 is 12.2 Å². The first-order chi connectivity index (χ1) is 5.94. The fourth-order valence-corrected chi connectivity index (χ4v) is 1.16. The molecule has 0 aromatic carbocycles. The zero-order chi connectivity index (χ0) is 10.1. The van der Waals surface area contributed by atoms with Crippen molar-refractivity contribution < 1.29 is 18.3 Å². The third-order valence-electron chi connectivity index (χ3n) is 1.45. The van der Waals surface area contributed by atoms with Crippen molar-refractivity contribution in [2.75, 3.05) is 0 Å². The van der Waals surface area contributed by atoms with E-state index < -0.39 is 19.3 Å². The third-order valence-corrected chi connectivity index (χ3v) is 1.79. The van der Waals surface area contributed by atoms with Gasteiger partial charge in [0, 0.05) is 6.20 Å². The van der Waals surface area contributed by atoms with Crippen LogP contribution in [0.4, 0.5) is 13.2 Å². The number of rotatable bonds is 2. The summed E-state index contributed by atoms with van der Waals surface area (Å²) >= 11 is 4.60. The summed E-state index contributed by atoms with van der Waals surface area (Å²) in [5.74, 6) is 0. The molecular formula is C6H7F3N2OS. The summed E-state index contributed by atoms with van der Waals surface area (Å²) in [6.07, 6.45) is -3.07. The molecule has 0 aliphatic rings. The second-order valence-corrected chi connectivity index (χ2v) is 2.83. The molecule has 0 spiro atoms. The number of aromatic nitrogens is 2. The largest absolute Gasteiger partial charge is 0.406 e. The number of hydrogen-bond donors (Lipinski definition) is 2. The van der Waals surface area contributed by atoms with E-state index in [4.69, 9.17) is 5.11 Å². The molecule has 0 saturated heterocycles. The number of H-pyrrole nitrogens is 1. The summed E-state index contributed by atoms with van der Waals surface area (Å²) in [5.41, 5.74) is 0.127. The zero-order valence-electron chi connectivity index (χ0n) is 6.43. The van der Waals surface area contributed by atoms with Gasteiger partial charge in [0.1, 0.15) is 6.54 Å². The van der Waals surface area contributed by atoms with Crippen LogP contribution in [0.25, 0.3) is 0 Å². The fourth-order valence-electron chi connectivity index (χ4n) is 0.915. The normalized spacial score (nSPS) is 12.0. The van der Waals surface area contributed by atoms with Gasteiger partial charge in [-0.1, -0.05) is 0 Å². The van der Waals surface area contributed by atoms with Crippen LogP contribution in [0.2, 0.25) is 0 Å². The molecule has 2 N–H and O–H groups in total. The van der Waals surface area contributed by atoms with Crippen LogP contribution < -0.4 is 0 Å². The van der Waals surface area contributed by atoms with Gasteiger partial charge in [0.2, 0.25) is 0 Å². The number of imidazole rings is 1. The van der Waals surface area contributed by atoms with Crippen molar-refractivity contribution in [2.24, 2.45) is 0 Å². The Balaban J connectivity index is 2.99. The van der Waals surface area contributed by atoms with Crippen LogP contribution in [0.5, 0.6) is 0 Å². The summed E-state index contributed by atoms with van der Waals surface area (Å²) in [7, 11) is 0. The van der Waals surface area contributed by atoms with Crippen LogP contribution in [0, 0.1) is 4.77 Å². The van der Waals surface area contributed by atoms with E-state index in [0.29, 0.717) is 0 Å². The highest BCUT2D eigenvalue weighted by Gasteiger charge is 2.29. The van der Waals surface area contributed by atoms with E-state index in [0.717, 1.165) is 4.57 Å². The van der Waals surface area contributed by atoms with Gasteiger partial charge >= 0.3 is 6.18 Å². The van der Waals surface area contributed by atoms with E-state index in [-0.39, 0.29) is 10.5 Å². The molecule has 74 valence electrons. The highest BCUT2D eigenvalue weighted by Crippen LogP contribution is 2.18. The maximum atomic E-state index is 12.0. The molecule has 0 fully saturated rings.